The van der Waals surface area contributed by atoms with Gasteiger partial charge in [0, 0.05) is 17.1 Å². The van der Waals surface area contributed by atoms with Crippen molar-refractivity contribution in [3.63, 3.8) is 0 Å². The lowest BCUT2D eigenvalue weighted by molar-refractivity contribution is 0.102. The molecule has 0 spiro atoms. The van der Waals surface area contributed by atoms with Crippen molar-refractivity contribution in [2.45, 2.75) is 0 Å². The third kappa shape index (κ3) is 3.45. The van der Waals surface area contributed by atoms with Crippen LogP contribution in [0.3, 0.4) is 0 Å². The third-order valence-electron chi connectivity index (χ3n) is 2.43. The molecule has 0 saturated carbocycles. The molecule has 0 unspecified atom stereocenters. The number of aromatic nitrogens is 1. The van der Waals surface area contributed by atoms with Gasteiger partial charge in [0.2, 0.25) is 0 Å². The summed E-state index contributed by atoms with van der Waals surface area (Å²) in [6.07, 6.45) is 0. The standard InChI is InChI=1S/C13H11BrClN3O/c1-16-12-7-8(6-11(15)18-12)13(19)17-10-5-3-2-4-9(10)14/h2-7H,1H3,(H,16,18)(H,17,19). The van der Waals surface area contributed by atoms with E-state index in [1.807, 2.05) is 24.3 Å². The summed E-state index contributed by atoms with van der Waals surface area (Å²) in [7, 11) is 1.72. The Hall–Kier alpha value is -1.59. The molecule has 1 heterocycles. The first-order chi connectivity index (χ1) is 9.10. The highest BCUT2D eigenvalue weighted by Crippen LogP contribution is 2.22. The van der Waals surface area contributed by atoms with E-state index >= 15 is 0 Å². The molecule has 98 valence electrons. The van der Waals surface area contributed by atoms with E-state index in [9.17, 15) is 4.79 Å². The van der Waals surface area contributed by atoms with Crippen LogP contribution in [0, 0.1) is 0 Å². The van der Waals surface area contributed by atoms with Crippen LogP contribution in [0.1, 0.15) is 10.4 Å². The Balaban J connectivity index is 2.25. The van der Waals surface area contributed by atoms with Crippen molar-refractivity contribution >= 4 is 44.9 Å². The molecule has 1 aromatic carbocycles. The lowest BCUT2D eigenvalue weighted by atomic mass is 10.2. The van der Waals surface area contributed by atoms with Crippen molar-refractivity contribution in [1.82, 2.24) is 4.98 Å². The van der Waals surface area contributed by atoms with Crippen molar-refractivity contribution in [2.75, 3.05) is 17.7 Å². The summed E-state index contributed by atoms with van der Waals surface area (Å²) < 4.78 is 0.817. The van der Waals surface area contributed by atoms with Gasteiger partial charge in [-0.25, -0.2) is 4.98 Å². The Kier molecular flexibility index (Phi) is 4.39. The number of benzene rings is 1. The van der Waals surface area contributed by atoms with Gasteiger partial charge in [0.25, 0.3) is 5.91 Å². The number of hydrogen-bond donors (Lipinski definition) is 2. The fraction of sp³-hybridized carbons (Fsp3) is 0.0769. The molecule has 0 bridgehead atoms. The Bertz CT molecular complexity index is 619. The molecule has 1 amide bonds. The molecule has 0 fully saturated rings. The van der Waals surface area contributed by atoms with Gasteiger partial charge in [0.05, 0.1) is 5.69 Å². The van der Waals surface area contributed by atoms with Gasteiger partial charge in [0.15, 0.2) is 0 Å². The molecule has 0 aliphatic rings. The molecule has 0 saturated heterocycles. The molecule has 1 aromatic heterocycles. The summed E-state index contributed by atoms with van der Waals surface area (Å²) in [4.78, 5) is 16.2. The predicted octanol–water partition coefficient (Wildman–Crippen LogP) is 3.79. The number of halogens is 2. The number of hydrogen-bond acceptors (Lipinski definition) is 3. The lowest BCUT2D eigenvalue weighted by Gasteiger charge is -2.08. The van der Waals surface area contributed by atoms with E-state index in [0.717, 1.165) is 4.47 Å². The van der Waals surface area contributed by atoms with Crippen molar-refractivity contribution in [3.05, 3.63) is 51.6 Å². The number of carbonyl (C=O) groups is 1. The van der Waals surface area contributed by atoms with Crippen LogP contribution in [0.5, 0.6) is 0 Å². The first kappa shape index (κ1) is 13.8. The van der Waals surface area contributed by atoms with Crippen LogP contribution in [0.15, 0.2) is 40.9 Å². The van der Waals surface area contributed by atoms with Gasteiger partial charge in [-0.05, 0) is 40.2 Å². The van der Waals surface area contributed by atoms with Gasteiger partial charge < -0.3 is 10.6 Å². The molecule has 6 heteroatoms. The monoisotopic (exact) mass is 339 g/mol. The zero-order chi connectivity index (χ0) is 13.8. The summed E-state index contributed by atoms with van der Waals surface area (Å²) >= 11 is 9.24. The smallest absolute Gasteiger partial charge is 0.255 e. The highest BCUT2D eigenvalue weighted by molar-refractivity contribution is 9.10. The Morgan fingerprint density at radius 2 is 2.05 bits per heavy atom. The first-order valence-electron chi connectivity index (χ1n) is 5.51. The molecular formula is C13H11BrClN3O. The second-order valence-electron chi connectivity index (χ2n) is 3.75. The number of nitrogens with one attached hydrogen (secondary N) is 2. The maximum absolute atomic E-state index is 12.1. The largest absolute Gasteiger partial charge is 0.373 e. The van der Waals surface area contributed by atoms with E-state index in [2.05, 4.69) is 31.5 Å². The molecule has 19 heavy (non-hydrogen) atoms. The maximum Gasteiger partial charge on any atom is 0.255 e. The van der Waals surface area contributed by atoms with E-state index in [1.54, 1.807) is 13.1 Å². The van der Waals surface area contributed by atoms with Crippen LogP contribution in [0.25, 0.3) is 0 Å². The maximum atomic E-state index is 12.1. The highest BCUT2D eigenvalue weighted by Gasteiger charge is 2.10. The van der Waals surface area contributed by atoms with E-state index < -0.39 is 0 Å². The molecule has 0 atom stereocenters. The second kappa shape index (κ2) is 6.04. The number of anilines is 2. The Labute approximate surface area is 124 Å². The number of carbonyl (C=O) groups excluding carboxylic acids is 1. The van der Waals surface area contributed by atoms with E-state index in [4.69, 9.17) is 11.6 Å². The van der Waals surface area contributed by atoms with Crippen LogP contribution in [0.2, 0.25) is 5.15 Å². The van der Waals surface area contributed by atoms with E-state index in [-0.39, 0.29) is 11.1 Å². The van der Waals surface area contributed by atoms with Crippen LogP contribution in [0.4, 0.5) is 11.5 Å². The molecule has 0 aliphatic heterocycles. The van der Waals surface area contributed by atoms with Gasteiger partial charge in [-0.3, -0.25) is 4.79 Å². The third-order valence-corrected chi connectivity index (χ3v) is 3.32. The Morgan fingerprint density at radius 3 is 2.74 bits per heavy atom. The predicted molar refractivity (Wildman–Crippen MR) is 80.9 cm³/mol. The minimum atomic E-state index is -0.243. The summed E-state index contributed by atoms with van der Waals surface area (Å²) in [6.45, 7) is 0. The summed E-state index contributed by atoms with van der Waals surface area (Å²) in [6, 6.07) is 10.5. The fourth-order valence-electron chi connectivity index (χ4n) is 1.51. The number of amides is 1. The number of pyridine rings is 1. The average Bonchev–Trinajstić information content (AvgIpc) is 2.40. The van der Waals surface area contributed by atoms with Crippen LogP contribution < -0.4 is 10.6 Å². The van der Waals surface area contributed by atoms with Gasteiger partial charge >= 0.3 is 0 Å². The number of rotatable bonds is 3. The molecule has 2 aromatic rings. The summed E-state index contributed by atoms with van der Waals surface area (Å²) in [5, 5.41) is 5.93. The number of nitrogens with zero attached hydrogens (tertiary/aromatic N) is 1. The van der Waals surface area contributed by atoms with Crippen LogP contribution >= 0.6 is 27.5 Å². The van der Waals surface area contributed by atoms with Gasteiger partial charge in [-0.15, -0.1) is 0 Å². The van der Waals surface area contributed by atoms with Gasteiger partial charge in [-0.1, -0.05) is 23.7 Å². The van der Waals surface area contributed by atoms with E-state index in [0.29, 0.717) is 17.1 Å². The first-order valence-corrected chi connectivity index (χ1v) is 6.68. The van der Waals surface area contributed by atoms with Gasteiger partial charge in [0.1, 0.15) is 11.0 Å². The lowest BCUT2D eigenvalue weighted by Crippen LogP contribution is -2.13. The average molecular weight is 341 g/mol. The normalized spacial score (nSPS) is 10.1. The van der Waals surface area contributed by atoms with Crippen molar-refractivity contribution in [3.8, 4) is 0 Å². The zero-order valence-corrected chi connectivity index (χ0v) is 12.4. The zero-order valence-electron chi connectivity index (χ0n) is 10.1. The highest BCUT2D eigenvalue weighted by atomic mass is 79.9. The molecule has 4 nitrogen and oxygen atoms in total. The molecule has 2 N–H and O–H groups in total. The molecule has 2 rings (SSSR count). The second-order valence-corrected chi connectivity index (χ2v) is 4.99. The van der Waals surface area contributed by atoms with Crippen molar-refractivity contribution < 1.29 is 4.79 Å². The van der Waals surface area contributed by atoms with Crippen LogP contribution in [-0.4, -0.2) is 17.9 Å². The van der Waals surface area contributed by atoms with Crippen molar-refractivity contribution in [1.29, 1.82) is 0 Å². The fourth-order valence-corrected chi connectivity index (χ4v) is 2.11. The summed E-state index contributed by atoms with van der Waals surface area (Å²) in [5.74, 6) is 0.303. The molecule has 0 aliphatic carbocycles. The van der Waals surface area contributed by atoms with Crippen molar-refractivity contribution in [2.24, 2.45) is 0 Å². The minimum Gasteiger partial charge on any atom is -0.373 e. The quantitative estimate of drug-likeness (QED) is 0.836. The summed E-state index contributed by atoms with van der Waals surface area (Å²) in [5.41, 5.74) is 1.14. The van der Waals surface area contributed by atoms with E-state index in [1.165, 1.54) is 6.07 Å². The van der Waals surface area contributed by atoms with Gasteiger partial charge in [-0.2, -0.15) is 0 Å². The SMILES string of the molecule is CNc1cc(C(=O)Nc2ccccc2Br)cc(Cl)n1. The van der Waals surface area contributed by atoms with Crippen LogP contribution in [-0.2, 0) is 0 Å². The molecular weight excluding hydrogens is 330 g/mol. The molecule has 0 radical (unpaired) electrons. The Morgan fingerprint density at radius 1 is 1.32 bits per heavy atom. The minimum absolute atomic E-state index is 0.243. The number of para-hydroxylation sites is 1. The topological polar surface area (TPSA) is 54.0 Å².